The molecule has 0 aromatic heterocycles. The first-order valence-electron chi connectivity index (χ1n) is 9.53. The second-order valence-corrected chi connectivity index (χ2v) is 7.62. The molecular weight excluding hydrogens is 460 g/mol. The Kier molecular flexibility index (Phi) is 6.04. The number of ether oxygens (including phenoxy) is 2. The highest BCUT2D eigenvalue weighted by atomic mass is 79.9. The van der Waals surface area contributed by atoms with Crippen LogP contribution in [0.2, 0.25) is 0 Å². The lowest BCUT2D eigenvalue weighted by Gasteiger charge is -2.13. The molecule has 0 saturated carbocycles. The van der Waals surface area contributed by atoms with Crippen LogP contribution in [0.1, 0.15) is 11.1 Å². The van der Waals surface area contributed by atoms with Gasteiger partial charge in [-0.1, -0.05) is 64.5 Å². The molecule has 1 saturated heterocycles. The Labute approximate surface area is 188 Å². The van der Waals surface area contributed by atoms with Crippen LogP contribution in [0.3, 0.4) is 0 Å². The summed E-state index contributed by atoms with van der Waals surface area (Å²) >= 11 is 3.52. The van der Waals surface area contributed by atoms with Crippen molar-refractivity contribution in [1.29, 1.82) is 0 Å². The summed E-state index contributed by atoms with van der Waals surface area (Å²) in [5.41, 5.74) is 2.39. The Bertz CT molecular complexity index is 1150. The van der Waals surface area contributed by atoms with E-state index in [0.717, 1.165) is 10.5 Å². The number of methoxy groups -OCH3 is 1. The van der Waals surface area contributed by atoms with Gasteiger partial charge in [-0.3, -0.25) is 4.79 Å². The van der Waals surface area contributed by atoms with E-state index < -0.39 is 11.9 Å². The Morgan fingerprint density at radius 1 is 0.968 bits per heavy atom. The molecule has 6 nitrogen and oxygen atoms in total. The van der Waals surface area contributed by atoms with Gasteiger partial charge >= 0.3 is 6.03 Å². The third kappa shape index (κ3) is 4.46. The summed E-state index contributed by atoms with van der Waals surface area (Å²) in [6.45, 7) is 0.394. The third-order valence-corrected chi connectivity index (χ3v) is 5.40. The van der Waals surface area contributed by atoms with Gasteiger partial charge in [0.05, 0.1) is 12.8 Å². The first kappa shape index (κ1) is 20.7. The average molecular weight is 479 g/mol. The zero-order chi connectivity index (χ0) is 21.8. The van der Waals surface area contributed by atoms with Gasteiger partial charge in [0, 0.05) is 4.47 Å². The molecule has 3 aromatic carbocycles. The van der Waals surface area contributed by atoms with E-state index in [9.17, 15) is 9.59 Å². The number of benzene rings is 3. The third-order valence-electron chi connectivity index (χ3n) is 4.71. The highest BCUT2D eigenvalue weighted by molar-refractivity contribution is 9.10. The van der Waals surface area contributed by atoms with Crippen LogP contribution in [0.15, 0.2) is 83.0 Å². The van der Waals surface area contributed by atoms with Crippen molar-refractivity contribution in [2.45, 2.75) is 6.61 Å². The molecule has 0 spiro atoms. The Morgan fingerprint density at radius 3 is 2.32 bits per heavy atom. The van der Waals surface area contributed by atoms with Crippen LogP contribution in [-0.4, -0.2) is 19.0 Å². The minimum atomic E-state index is -0.492. The molecule has 3 aromatic rings. The fourth-order valence-electron chi connectivity index (χ4n) is 3.17. The number of amides is 3. The molecular formula is C24H19BrN2O4. The van der Waals surface area contributed by atoms with E-state index in [1.165, 1.54) is 0 Å². The molecule has 7 heteroatoms. The Balaban J connectivity index is 1.59. The SMILES string of the molecule is COc1cc(/C=C2/NC(=O)N(c3ccccc3)C2=O)c(Br)cc1OCc1ccccc1. The number of halogens is 1. The second-order valence-electron chi connectivity index (χ2n) is 6.76. The molecule has 1 N–H and O–H groups in total. The van der Waals surface area contributed by atoms with Crippen molar-refractivity contribution in [2.75, 3.05) is 12.0 Å². The lowest BCUT2D eigenvalue weighted by atomic mass is 10.1. The van der Waals surface area contributed by atoms with Gasteiger partial charge in [-0.05, 0) is 41.5 Å². The minimum Gasteiger partial charge on any atom is -0.493 e. The quantitative estimate of drug-likeness (QED) is 0.393. The normalized spacial score (nSPS) is 14.6. The fraction of sp³-hybridized carbons (Fsp3) is 0.0833. The van der Waals surface area contributed by atoms with Gasteiger partial charge < -0.3 is 14.8 Å². The lowest BCUT2D eigenvalue weighted by Crippen LogP contribution is -2.30. The van der Waals surface area contributed by atoms with Crippen molar-refractivity contribution in [3.63, 3.8) is 0 Å². The molecule has 1 aliphatic heterocycles. The number of imide groups is 1. The molecule has 0 unspecified atom stereocenters. The number of carbonyl (C=O) groups excluding carboxylic acids is 2. The smallest absolute Gasteiger partial charge is 0.333 e. The number of hydrogen-bond donors (Lipinski definition) is 1. The predicted molar refractivity (Wildman–Crippen MR) is 122 cm³/mol. The minimum absolute atomic E-state index is 0.176. The Morgan fingerprint density at radius 2 is 1.65 bits per heavy atom. The van der Waals surface area contributed by atoms with Crippen LogP contribution in [0.4, 0.5) is 10.5 Å². The molecule has 3 amide bonds. The van der Waals surface area contributed by atoms with Crippen molar-refractivity contribution in [3.05, 3.63) is 94.1 Å². The van der Waals surface area contributed by atoms with Crippen LogP contribution in [-0.2, 0) is 11.4 Å². The summed E-state index contributed by atoms with van der Waals surface area (Å²) in [4.78, 5) is 26.3. The van der Waals surface area contributed by atoms with Crippen molar-refractivity contribution in [1.82, 2.24) is 5.32 Å². The largest absolute Gasteiger partial charge is 0.493 e. The van der Waals surface area contributed by atoms with E-state index in [1.54, 1.807) is 49.6 Å². The predicted octanol–water partition coefficient (Wildman–Crippen LogP) is 5.13. The summed E-state index contributed by atoms with van der Waals surface area (Å²) < 4.78 is 12.1. The number of hydrogen-bond acceptors (Lipinski definition) is 4. The maximum atomic E-state index is 12.8. The first-order chi connectivity index (χ1) is 15.1. The van der Waals surface area contributed by atoms with E-state index in [4.69, 9.17) is 9.47 Å². The zero-order valence-corrected chi connectivity index (χ0v) is 18.3. The topological polar surface area (TPSA) is 67.9 Å². The molecule has 0 radical (unpaired) electrons. The molecule has 156 valence electrons. The van der Waals surface area contributed by atoms with Gasteiger partial charge in [0.1, 0.15) is 12.3 Å². The molecule has 1 aliphatic rings. The number of nitrogens with zero attached hydrogens (tertiary/aromatic N) is 1. The van der Waals surface area contributed by atoms with Gasteiger partial charge in [-0.2, -0.15) is 0 Å². The van der Waals surface area contributed by atoms with Gasteiger partial charge in [-0.15, -0.1) is 0 Å². The summed E-state index contributed by atoms with van der Waals surface area (Å²) in [6, 6.07) is 21.6. The van der Waals surface area contributed by atoms with E-state index >= 15 is 0 Å². The number of carbonyl (C=O) groups is 2. The monoisotopic (exact) mass is 478 g/mol. The molecule has 0 aliphatic carbocycles. The number of urea groups is 1. The fourth-order valence-corrected chi connectivity index (χ4v) is 3.61. The second kappa shape index (κ2) is 9.06. The van der Waals surface area contributed by atoms with Crippen LogP contribution < -0.4 is 19.7 Å². The van der Waals surface area contributed by atoms with E-state index in [1.807, 2.05) is 36.4 Å². The summed E-state index contributed by atoms with van der Waals surface area (Å²) in [6.07, 6.45) is 1.61. The van der Waals surface area contributed by atoms with Crippen molar-refractivity contribution >= 4 is 39.6 Å². The van der Waals surface area contributed by atoms with Gasteiger partial charge in [-0.25, -0.2) is 9.69 Å². The standard InChI is InChI=1S/C24H19BrN2O4/c1-30-21-13-17(19(25)14-22(21)31-15-16-8-4-2-5-9-16)12-20-23(28)27(24(29)26-20)18-10-6-3-7-11-18/h2-14H,15H2,1H3,(H,26,29)/b20-12+. The number of para-hydroxylation sites is 1. The molecule has 1 heterocycles. The van der Waals surface area contributed by atoms with Gasteiger partial charge in [0.25, 0.3) is 5.91 Å². The van der Waals surface area contributed by atoms with Crippen molar-refractivity contribution in [2.24, 2.45) is 0 Å². The highest BCUT2D eigenvalue weighted by Gasteiger charge is 2.34. The molecule has 4 rings (SSSR count). The molecule has 0 bridgehead atoms. The maximum Gasteiger partial charge on any atom is 0.333 e. The molecule has 1 fully saturated rings. The van der Waals surface area contributed by atoms with Crippen molar-refractivity contribution < 1.29 is 19.1 Å². The average Bonchev–Trinajstić information content (AvgIpc) is 3.07. The number of anilines is 1. The summed E-state index contributed by atoms with van der Waals surface area (Å²) in [7, 11) is 1.55. The van der Waals surface area contributed by atoms with Crippen molar-refractivity contribution in [3.8, 4) is 11.5 Å². The van der Waals surface area contributed by atoms with Gasteiger partial charge in [0.15, 0.2) is 11.5 Å². The lowest BCUT2D eigenvalue weighted by molar-refractivity contribution is -0.113. The van der Waals surface area contributed by atoms with E-state index in [-0.39, 0.29) is 5.70 Å². The van der Waals surface area contributed by atoms with Gasteiger partial charge in [0.2, 0.25) is 0 Å². The number of rotatable bonds is 6. The number of nitrogens with one attached hydrogen (secondary N) is 1. The summed E-state index contributed by atoms with van der Waals surface area (Å²) in [5, 5.41) is 2.63. The zero-order valence-electron chi connectivity index (χ0n) is 16.7. The van der Waals surface area contributed by atoms with Crippen LogP contribution in [0.25, 0.3) is 6.08 Å². The maximum absolute atomic E-state index is 12.8. The molecule has 31 heavy (non-hydrogen) atoms. The Hall–Kier alpha value is -3.58. The van der Waals surface area contributed by atoms with E-state index in [0.29, 0.717) is 33.8 Å². The van der Waals surface area contributed by atoms with Crippen LogP contribution >= 0.6 is 15.9 Å². The summed E-state index contributed by atoms with van der Waals surface area (Å²) in [5.74, 6) is 0.655. The van der Waals surface area contributed by atoms with E-state index in [2.05, 4.69) is 21.2 Å². The first-order valence-corrected chi connectivity index (χ1v) is 10.3. The van der Waals surface area contributed by atoms with Crippen LogP contribution in [0, 0.1) is 0 Å². The van der Waals surface area contributed by atoms with Crippen LogP contribution in [0.5, 0.6) is 11.5 Å². The highest BCUT2D eigenvalue weighted by Crippen LogP contribution is 2.35. The molecule has 0 atom stereocenters.